The third kappa shape index (κ3) is 8.52. The van der Waals surface area contributed by atoms with Gasteiger partial charge in [0, 0.05) is 6.61 Å². The molecule has 0 spiro atoms. The number of carbonyl (C=O) groups excluding carboxylic acids is 2. The van der Waals surface area contributed by atoms with E-state index in [1.807, 2.05) is 0 Å². The predicted octanol–water partition coefficient (Wildman–Crippen LogP) is 2.94. The first-order valence-electron chi connectivity index (χ1n) is 9.43. The molecule has 32 heavy (non-hydrogen) atoms. The molecule has 2 rings (SSSR count). The van der Waals surface area contributed by atoms with Crippen LogP contribution in [0.5, 0.6) is 11.5 Å². The second-order valence-electron chi connectivity index (χ2n) is 5.91. The van der Waals surface area contributed by atoms with Crippen LogP contribution in [0.15, 0.2) is 48.5 Å². The Labute approximate surface area is 185 Å². The summed E-state index contributed by atoms with van der Waals surface area (Å²) in [6.45, 7) is 3.94. The lowest BCUT2D eigenvalue weighted by molar-refractivity contribution is -0.368. The van der Waals surface area contributed by atoms with Crippen LogP contribution in [0.25, 0.3) is 0 Å². The van der Waals surface area contributed by atoms with Crippen molar-refractivity contribution in [1.82, 2.24) is 0 Å². The van der Waals surface area contributed by atoms with Crippen molar-refractivity contribution in [3.8, 4) is 11.5 Å². The van der Waals surface area contributed by atoms with E-state index in [1.54, 1.807) is 24.3 Å². The number of methoxy groups -OCH3 is 2. The average Bonchev–Trinajstić information content (AvgIpc) is 2.84. The summed E-state index contributed by atoms with van der Waals surface area (Å²) in [7, 11) is 2.93. The number of hydrogen-bond donors (Lipinski definition) is 0. The molecule has 0 aromatic heterocycles. The van der Waals surface area contributed by atoms with E-state index < -0.39 is 18.2 Å². The van der Waals surface area contributed by atoms with Gasteiger partial charge >= 0.3 is 18.2 Å². The van der Waals surface area contributed by atoms with Crippen LogP contribution in [0.1, 0.15) is 20.7 Å². The first-order chi connectivity index (χ1) is 15.6. The molecular formula is C22H24O10. The quantitative estimate of drug-likeness (QED) is 0.243. The van der Waals surface area contributed by atoms with Gasteiger partial charge in [0.05, 0.1) is 38.6 Å². The van der Waals surface area contributed by atoms with Crippen LogP contribution < -0.4 is 9.47 Å². The summed E-state index contributed by atoms with van der Waals surface area (Å²) in [4.78, 5) is 43.7. The third-order valence-electron chi connectivity index (χ3n) is 3.77. The molecule has 0 saturated carbocycles. The molecule has 0 amide bonds. The fourth-order valence-corrected chi connectivity index (χ4v) is 2.20. The van der Waals surface area contributed by atoms with Crippen LogP contribution in [0, 0.1) is 13.2 Å². The molecule has 0 aliphatic carbocycles. The highest BCUT2D eigenvalue weighted by Gasteiger charge is 2.22. The second kappa shape index (κ2) is 14.0. The minimum absolute atomic E-state index is 0.166. The zero-order valence-electron chi connectivity index (χ0n) is 17.7. The molecule has 0 bridgehead atoms. The van der Waals surface area contributed by atoms with Gasteiger partial charge in [0.1, 0.15) is 18.1 Å². The van der Waals surface area contributed by atoms with Gasteiger partial charge in [0.15, 0.2) is 0 Å². The lowest BCUT2D eigenvalue weighted by Gasteiger charge is -2.14. The molecule has 2 aromatic carbocycles. The molecule has 2 radical (unpaired) electrons. The molecule has 0 N–H and O–H groups in total. The summed E-state index contributed by atoms with van der Waals surface area (Å²) in [5.41, 5.74) is 0.337. The Morgan fingerprint density at radius 3 is 1.72 bits per heavy atom. The Morgan fingerprint density at radius 2 is 1.25 bits per heavy atom. The largest absolute Gasteiger partial charge is 0.497 e. The van der Waals surface area contributed by atoms with Crippen molar-refractivity contribution in [3.63, 3.8) is 0 Å². The summed E-state index contributed by atoms with van der Waals surface area (Å²) >= 11 is 0. The Hall–Kier alpha value is -3.18. The van der Waals surface area contributed by atoms with Gasteiger partial charge in [-0.15, -0.1) is 9.78 Å². The van der Waals surface area contributed by atoms with Gasteiger partial charge in [-0.2, -0.15) is 0 Å². The van der Waals surface area contributed by atoms with Crippen molar-refractivity contribution >= 4 is 11.9 Å². The number of carbonyl (C=O) groups is 2. The Bertz CT molecular complexity index is 791. The first-order valence-corrected chi connectivity index (χ1v) is 9.43. The van der Waals surface area contributed by atoms with E-state index in [9.17, 15) is 9.59 Å². The number of ether oxygens (including phenoxy) is 4. The summed E-state index contributed by atoms with van der Waals surface area (Å²) in [5.74, 6) is -0.740. The zero-order valence-corrected chi connectivity index (χ0v) is 17.7. The summed E-state index contributed by atoms with van der Waals surface area (Å²) < 4.78 is 20.5. The van der Waals surface area contributed by atoms with Crippen molar-refractivity contribution in [3.05, 3.63) is 72.9 Å². The van der Waals surface area contributed by atoms with E-state index in [2.05, 4.69) is 6.92 Å². The molecular weight excluding hydrogens is 424 g/mol. The topological polar surface area (TPSA) is 108 Å². The lowest BCUT2D eigenvalue weighted by atomic mass is 10.2. The number of hydrogen-bond acceptors (Lipinski definition) is 10. The zero-order chi connectivity index (χ0) is 23.2. The van der Waals surface area contributed by atoms with E-state index in [0.717, 1.165) is 0 Å². The summed E-state index contributed by atoms with van der Waals surface area (Å²) in [5, 5.41) is 0. The van der Waals surface area contributed by atoms with Gasteiger partial charge in [-0.1, -0.05) is 12.1 Å². The molecule has 0 aliphatic rings. The number of rotatable bonds is 14. The van der Waals surface area contributed by atoms with Gasteiger partial charge in [-0.05, 0) is 43.3 Å². The Morgan fingerprint density at radius 1 is 0.750 bits per heavy atom. The van der Waals surface area contributed by atoms with Crippen LogP contribution in [-0.4, -0.2) is 52.6 Å². The summed E-state index contributed by atoms with van der Waals surface area (Å²) in [6, 6.07) is 12.5. The monoisotopic (exact) mass is 448 g/mol. The molecule has 172 valence electrons. The van der Waals surface area contributed by atoms with Crippen LogP contribution in [0.2, 0.25) is 0 Å². The van der Waals surface area contributed by atoms with Crippen LogP contribution >= 0.6 is 0 Å². The standard InChI is InChI=1S/C22H24O10/c1-4-27-11-12-28-15-20(29-31-21(23)16-7-5-9-18(13-16)25-2)30-32-22(24)17-8-6-10-19(14-17)26-3/h5-10,13-14H,1,4,11-12,15H2,2-3H3. The Balaban J connectivity index is 1.93. The van der Waals surface area contributed by atoms with Crippen LogP contribution in [-0.2, 0) is 29.0 Å². The molecule has 0 saturated heterocycles. The van der Waals surface area contributed by atoms with Crippen LogP contribution in [0.3, 0.4) is 0 Å². The van der Waals surface area contributed by atoms with Gasteiger partial charge in [-0.3, -0.25) is 9.78 Å². The SMILES string of the molecule is [CH2]COCCOC[C](OOC(=O)c1cccc(OC)c1)OOC(=O)c1cccc(OC)c1. The highest BCUT2D eigenvalue weighted by molar-refractivity contribution is 5.90. The highest BCUT2D eigenvalue weighted by atomic mass is 17.3. The number of benzene rings is 2. The van der Waals surface area contributed by atoms with E-state index in [1.165, 1.54) is 38.5 Å². The van der Waals surface area contributed by atoms with Gasteiger partial charge in [0.2, 0.25) is 0 Å². The molecule has 0 atom stereocenters. The van der Waals surface area contributed by atoms with E-state index >= 15 is 0 Å². The lowest BCUT2D eigenvalue weighted by Crippen LogP contribution is -2.21. The minimum Gasteiger partial charge on any atom is -0.497 e. The highest BCUT2D eigenvalue weighted by Crippen LogP contribution is 2.17. The molecule has 10 nitrogen and oxygen atoms in total. The molecule has 0 unspecified atom stereocenters. The normalized spacial score (nSPS) is 10.6. The van der Waals surface area contributed by atoms with E-state index in [0.29, 0.717) is 11.5 Å². The smallest absolute Gasteiger partial charge is 0.373 e. The van der Waals surface area contributed by atoms with Crippen LogP contribution in [0.4, 0.5) is 0 Å². The van der Waals surface area contributed by atoms with Crippen molar-refractivity contribution in [2.45, 2.75) is 0 Å². The fraction of sp³-hybridized carbons (Fsp3) is 0.273. The van der Waals surface area contributed by atoms with Crippen molar-refractivity contribution < 1.29 is 48.1 Å². The molecule has 2 aromatic rings. The van der Waals surface area contributed by atoms with Crippen molar-refractivity contribution in [2.24, 2.45) is 0 Å². The Kier molecular flexibility index (Phi) is 11.0. The first kappa shape index (κ1) is 25.1. The molecule has 0 fully saturated rings. The minimum atomic E-state index is -0.829. The molecule has 10 heteroatoms. The van der Waals surface area contributed by atoms with E-state index in [4.69, 9.17) is 38.5 Å². The fourth-order valence-electron chi connectivity index (χ4n) is 2.20. The molecule has 0 heterocycles. The van der Waals surface area contributed by atoms with Crippen molar-refractivity contribution in [1.29, 1.82) is 0 Å². The maximum absolute atomic E-state index is 12.2. The maximum atomic E-state index is 12.2. The van der Waals surface area contributed by atoms with E-state index in [-0.39, 0.29) is 37.6 Å². The van der Waals surface area contributed by atoms with Gasteiger partial charge < -0.3 is 18.9 Å². The average molecular weight is 448 g/mol. The summed E-state index contributed by atoms with van der Waals surface area (Å²) in [6.07, 6.45) is -0.424. The second-order valence-corrected chi connectivity index (χ2v) is 5.91. The van der Waals surface area contributed by atoms with Gasteiger partial charge in [-0.25, -0.2) is 9.59 Å². The third-order valence-corrected chi connectivity index (χ3v) is 3.77. The predicted molar refractivity (Wildman–Crippen MR) is 109 cm³/mol. The van der Waals surface area contributed by atoms with Gasteiger partial charge in [0.25, 0.3) is 0 Å². The maximum Gasteiger partial charge on any atom is 0.373 e. The molecule has 0 aliphatic heterocycles. The van der Waals surface area contributed by atoms with Crippen molar-refractivity contribution in [2.75, 3.05) is 40.6 Å².